The van der Waals surface area contributed by atoms with Crippen molar-refractivity contribution >= 4 is 32.7 Å². The topological polar surface area (TPSA) is 80.1 Å². The number of fused-ring (bicyclic) bond motifs is 1. The molecule has 1 amide bonds. The van der Waals surface area contributed by atoms with Crippen molar-refractivity contribution in [3.8, 4) is 0 Å². The van der Waals surface area contributed by atoms with Crippen molar-refractivity contribution < 1.29 is 4.79 Å². The van der Waals surface area contributed by atoms with Crippen LogP contribution >= 0.6 is 11.3 Å². The number of piperidine rings is 1. The molecule has 1 aliphatic heterocycles. The number of rotatable bonds is 7. The van der Waals surface area contributed by atoms with Crippen LogP contribution in [0.5, 0.6) is 0 Å². The van der Waals surface area contributed by atoms with E-state index in [2.05, 4.69) is 39.2 Å². The first-order chi connectivity index (χ1) is 15.0. The van der Waals surface area contributed by atoms with Crippen LogP contribution in [-0.2, 0) is 17.8 Å². The van der Waals surface area contributed by atoms with Gasteiger partial charge in [0.25, 0.3) is 5.56 Å². The van der Waals surface area contributed by atoms with E-state index in [1.165, 1.54) is 34.2 Å². The normalized spacial score (nSPS) is 17.6. The molecular formula is C23H29N5O2S. The number of carbonyl (C=O) groups excluding carboxylic acids is 1. The van der Waals surface area contributed by atoms with E-state index in [1.54, 1.807) is 0 Å². The van der Waals surface area contributed by atoms with Crippen molar-refractivity contribution in [1.29, 1.82) is 0 Å². The van der Waals surface area contributed by atoms with Crippen LogP contribution in [0, 0.1) is 5.92 Å². The van der Waals surface area contributed by atoms with Gasteiger partial charge in [-0.15, -0.1) is 0 Å². The van der Waals surface area contributed by atoms with Crippen LogP contribution in [0.1, 0.15) is 38.7 Å². The highest BCUT2D eigenvalue weighted by atomic mass is 32.1. The van der Waals surface area contributed by atoms with E-state index in [4.69, 9.17) is 0 Å². The third-order valence-electron chi connectivity index (χ3n) is 5.73. The van der Waals surface area contributed by atoms with Gasteiger partial charge in [-0.2, -0.15) is 4.98 Å². The Morgan fingerprint density at radius 3 is 2.90 bits per heavy atom. The van der Waals surface area contributed by atoms with Crippen molar-refractivity contribution in [2.75, 3.05) is 18.0 Å². The van der Waals surface area contributed by atoms with Crippen molar-refractivity contribution in [3.63, 3.8) is 0 Å². The fourth-order valence-corrected chi connectivity index (χ4v) is 5.03. The summed E-state index contributed by atoms with van der Waals surface area (Å²) in [6.45, 7) is 6.11. The molecule has 0 radical (unpaired) electrons. The largest absolute Gasteiger partial charge is 0.352 e. The van der Waals surface area contributed by atoms with Gasteiger partial charge in [-0.3, -0.25) is 14.2 Å². The maximum Gasteiger partial charge on any atom is 0.273 e. The second kappa shape index (κ2) is 9.60. The fraction of sp³-hybridized carbons (Fsp3) is 0.478. The smallest absolute Gasteiger partial charge is 0.273 e. The molecule has 31 heavy (non-hydrogen) atoms. The minimum Gasteiger partial charge on any atom is -0.352 e. The minimum atomic E-state index is -0.203. The fourth-order valence-electron chi connectivity index (χ4n) is 4.02. The van der Waals surface area contributed by atoms with Crippen molar-refractivity contribution in [2.45, 2.75) is 52.1 Å². The summed E-state index contributed by atoms with van der Waals surface area (Å²) in [7, 11) is 0. The Kier molecular flexibility index (Phi) is 6.65. The summed E-state index contributed by atoms with van der Waals surface area (Å²) < 4.78 is 1.89. The average molecular weight is 440 g/mol. The Hall–Kier alpha value is -2.74. The van der Waals surface area contributed by atoms with Gasteiger partial charge in [0.2, 0.25) is 5.91 Å². The number of carbonyl (C=O) groups is 1. The molecule has 0 unspecified atom stereocenters. The Morgan fingerprint density at radius 1 is 1.32 bits per heavy atom. The molecule has 2 aromatic heterocycles. The Bertz CT molecular complexity index is 1090. The molecule has 3 aromatic rings. The second-order valence-electron chi connectivity index (χ2n) is 8.51. The highest BCUT2D eigenvalue weighted by molar-refractivity contribution is 7.22. The molecule has 0 aliphatic carbocycles. The molecule has 4 rings (SSSR count). The van der Waals surface area contributed by atoms with E-state index in [0.29, 0.717) is 16.3 Å². The predicted molar refractivity (Wildman–Crippen MR) is 125 cm³/mol. The van der Waals surface area contributed by atoms with Crippen molar-refractivity contribution in [2.24, 2.45) is 5.92 Å². The molecule has 3 heterocycles. The highest BCUT2D eigenvalue weighted by Gasteiger charge is 2.21. The van der Waals surface area contributed by atoms with Gasteiger partial charge >= 0.3 is 0 Å². The number of amides is 1. The van der Waals surface area contributed by atoms with Gasteiger partial charge < -0.3 is 10.2 Å². The molecular weight excluding hydrogens is 410 g/mol. The zero-order valence-electron chi connectivity index (χ0n) is 18.1. The molecule has 0 spiro atoms. The van der Waals surface area contributed by atoms with Gasteiger partial charge in [0, 0.05) is 19.1 Å². The van der Waals surface area contributed by atoms with Crippen LogP contribution in [0.4, 0.5) is 5.13 Å². The first-order valence-corrected chi connectivity index (χ1v) is 11.8. The summed E-state index contributed by atoms with van der Waals surface area (Å²) in [6.07, 6.45) is 5.53. The molecule has 8 heteroatoms. The Morgan fingerprint density at radius 2 is 2.13 bits per heavy atom. The third kappa shape index (κ3) is 5.31. The third-order valence-corrected chi connectivity index (χ3v) is 6.82. The monoisotopic (exact) mass is 439 g/mol. The molecule has 7 nitrogen and oxygen atoms in total. The van der Waals surface area contributed by atoms with Gasteiger partial charge in [-0.05, 0) is 44.1 Å². The molecule has 164 valence electrons. The average Bonchev–Trinajstić information content (AvgIpc) is 3.20. The number of hydrogen-bond acceptors (Lipinski definition) is 6. The maximum atomic E-state index is 12.9. The van der Waals surface area contributed by atoms with E-state index in [-0.39, 0.29) is 24.1 Å². The van der Waals surface area contributed by atoms with Gasteiger partial charge in [-0.1, -0.05) is 48.6 Å². The van der Waals surface area contributed by atoms with Gasteiger partial charge in [0.15, 0.2) is 10.8 Å². The molecule has 0 saturated carbocycles. The molecule has 0 bridgehead atoms. The number of hydrogen-bond donors (Lipinski definition) is 1. The summed E-state index contributed by atoms with van der Waals surface area (Å²) in [4.78, 5) is 36.6. The summed E-state index contributed by atoms with van der Waals surface area (Å²) in [5.74, 6) is 0.441. The zero-order valence-corrected chi connectivity index (χ0v) is 18.9. The number of thiazole rings is 1. The molecule has 1 saturated heterocycles. The number of nitrogens with one attached hydrogen (secondary N) is 1. The Balaban J connectivity index is 1.39. The number of benzene rings is 1. The number of nitrogens with zero attached hydrogens (tertiary/aromatic N) is 4. The highest BCUT2D eigenvalue weighted by Crippen LogP contribution is 2.29. The molecule has 2 atom stereocenters. The molecule has 1 fully saturated rings. The van der Waals surface area contributed by atoms with Crippen molar-refractivity contribution in [1.82, 2.24) is 19.9 Å². The standard InChI is InChI=1S/C23H29N5O2S/c1-16-7-6-12-27(13-16)23-26-21-20(31-23)22(30)28(15-24-21)14-19(29)25-17(2)10-11-18-8-4-3-5-9-18/h3-5,8-9,15-17H,6-7,10-14H2,1-2H3,(H,25,29)/t16-,17+/m1/s1. The van der Waals surface area contributed by atoms with Crippen LogP contribution in [0.2, 0.25) is 0 Å². The van der Waals surface area contributed by atoms with Crippen LogP contribution in [0.15, 0.2) is 41.5 Å². The lowest BCUT2D eigenvalue weighted by atomic mass is 10.0. The lowest BCUT2D eigenvalue weighted by Crippen LogP contribution is -2.37. The van der Waals surface area contributed by atoms with Gasteiger partial charge in [0.1, 0.15) is 17.6 Å². The lowest BCUT2D eigenvalue weighted by molar-refractivity contribution is -0.122. The van der Waals surface area contributed by atoms with Crippen LogP contribution in [0.25, 0.3) is 10.3 Å². The van der Waals surface area contributed by atoms with E-state index in [0.717, 1.165) is 37.5 Å². The zero-order chi connectivity index (χ0) is 21.8. The Labute approximate surface area is 186 Å². The maximum absolute atomic E-state index is 12.9. The van der Waals surface area contributed by atoms with E-state index >= 15 is 0 Å². The lowest BCUT2D eigenvalue weighted by Gasteiger charge is -2.30. The van der Waals surface area contributed by atoms with Gasteiger partial charge in [-0.25, -0.2) is 4.98 Å². The first-order valence-electron chi connectivity index (χ1n) is 10.9. The molecule has 1 N–H and O–H groups in total. The van der Waals surface area contributed by atoms with E-state index < -0.39 is 0 Å². The molecule has 1 aromatic carbocycles. The van der Waals surface area contributed by atoms with Gasteiger partial charge in [0.05, 0.1) is 0 Å². The molecule has 1 aliphatic rings. The summed E-state index contributed by atoms with van der Waals surface area (Å²) in [5.41, 5.74) is 1.51. The SMILES string of the molecule is C[C@@H]1CCCN(c2nc3ncn(CC(=O)N[C@@H](C)CCc4ccccc4)c(=O)c3s2)C1. The predicted octanol–water partition coefficient (Wildman–Crippen LogP) is 3.23. The first kappa shape index (κ1) is 21.5. The summed E-state index contributed by atoms with van der Waals surface area (Å²) >= 11 is 1.38. The van der Waals surface area contributed by atoms with Crippen LogP contribution < -0.4 is 15.8 Å². The van der Waals surface area contributed by atoms with Crippen LogP contribution in [0.3, 0.4) is 0 Å². The van der Waals surface area contributed by atoms with Crippen molar-refractivity contribution in [3.05, 3.63) is 52.6 Å². The van der Waals surface area contributed by atoms with E-state index in [9.17, 15) is 9.59 Å². The van der Waals surface area contributed by atoms with Crippen LogP contribution in [-0.4, -0.2) is 39.6 Å². The number of aromatic nitrogens is 3. The quantitative estimate of drug-likeness (QED) is 0.611. The van der Waals surface area contributed by atoms with E-state index in [1.807, 2.05) is 25.1 Å². The second-order valence-corrected chi connectivity index (χ2v) is 9.49. The number of aryl methyl sites for hydroxylation is 1. The summed E-state index contributed by atoms with van der Waals surface area (Å²) in [6, 6.07) is 10.2. The summed E-state index contributed by atoms with van der Waals surface area (Å²) in [5, 5.41) is 3.84. The minimum absolute atomic E-state index is 0.0243. The number of anilines is 1.